The number of para-hydroxylation sites is 2. The first kappa shape index (κ1) is 23.2. The lowest BCUT2D eigenvalue weighted by atomic mass is 10.1. The molecule has 2 heterocycles. The number of unbranched alkanes of at least 4 members (excludes halogenated alkanes) is 1. The van der Waals surface area contributed by atoms with Gasteiger partial charge < -0.3 is 14.2 Å². The summed E-state index contributed by atoms with van der Waals surface area (Å²) in [4.78, 5) is 19.8. The lowest BCUT2D eigenvalue weighted by Crippen LogP contribution is -2.24. The molecule has 0 saturated carbocycles. The summed E-state index contributed by atoms with van der Waals surface area (Å²) in [5, 5.41) is 0. The standard InChI is InChI=1S/C30H33N3O2/c1-21-11-14-25(15-12-21)33-20-24(19-29(33)34)30-31-26-8-4-5-9-27(26)32(30)16-6-7-17-35-28-18-22(2)10-13-23(28)3/h4-5,8-15,18,24H,6-7,16-17,19-20H2,1-3H3. The first-order valence-corrected chi connectivity index (χ1v) is 12.5. The number of aryl methyl sites for hydroxylation is 4. The predicted octanol–water partition coefficient (Wildman–Crippen LogP) is 6.34. The molecule has 0 radical (unpaired) electrons. The number of ether oxygens (including phenoxy) is 1. The van der Waals surface area contributed by atoms with Crippen molar-refractivity contribution in [3.63, 3.8) is 0 Å². The van der Waals surface area contributed by atoms with Gasteiger partial charge in [-0.05, 0) is 75.1 Å². The molecule has 1 aliphatic rings. The van der Waals surface area contributed by atoms with E-state index in [4.69, 9.17) is 9.72 Å². The van der Waals surface area contributed by atoms with E-state index in [9.17, 15) is 4.79 Å². The van der Waals surface area contributed by atoms with Crippen LogP contribution in [-0.4, -0.2) is 28.6 Å². The lowest BCUT2D eigenvalue weighted by Gasteiger charge is -2.18. The smallest absolute Gasteiger partial charge is 0.227 e. The van der Waals surface area contributed by atoms with Crippen LogP contribution >= 0.6 is 0 Å². The summed E-state index contributed by atoms with van der Waals surface area (Å²) in [5.74, 6) is 2.24. The molecule has 1 aliphatic heterocycles. The van der Waals surface area contributed by atoms with E-state index in [0.29, 0.717) is 19.6 Å². The minimum Gasteiger partial charge on any atom is -0.493 e. The molecule has 0 aliphatic carbocycles. The summed E-state index contributed by atoms with van der Waals surface area (Å²) in [6, 6.07) is 22.8. The molecule has 4 aromatic rings. The van der Waals surface area contributed by atoms with Crippen molar-refractivity contribution in [1.29, 1.82) is 0 Å². The fourth-order valence-corrected chi connectivity index (χ4v) is 4.91. The van der Waals surface area contributed by atoms with Crippen LogP contribution in [0.5, 0.6) is 5.75 Å². The molecule has 1 saturated heterocycles. The van der Waals surface area contributed by atoms with Crippen molar-refractivity contribution in [2.24, 2.45) is 0 Å². The SMILES string of the molecule is Cc1ccc(N2CC(c3nc4ccccc4n3CCCCOc3cc(C)ccc3C)CC2=O)cc1. The maximum atomic E-state index is 12.9. The Labute approximate surface area is 207 Å². The van der Waals surface area contributed by atoms with Crippen LogP contribution in [-0.2, 0) is 11.3 Å². The lowest BCUT2D eigenvalue weighted by molar-refractivity contribution is -0.117. The van der Waals surface area contributed by atoms with Crippen molar-refractivity contribution >= 4 is 22.6 Å². The van der Waals surface area contributed by atoms with Gasteiger partial charge in [0.2, 0.25) is 5.91 Å². The van der Waals surface area contributed by atoms with Crippen LogP contribution in [0.15, 0.2) is 66.7 Å². The molecule has 0 spiro atoms. The zero-order valence-corrected chi connectivity index (χ0v) is 20.8. The molecule has 0 N–H and O–H groups in total. The molecular formula is C30H33N3O2. The van der Waals surface area contributed by atoms with Gasteiger partial charge in [-0.2, -0.15) is 0 Å². The van der Waals surface area contributed by atoms with Gasteiger partial charge in [0.25, 0.3) is 0 Å². The molecule has 1 fully saturated rings. The third-order valence-corrected chi connectivity index (χ3v) is 6.90. The van der Waals surface area contributed by atoms with Crippen molar-refractivity contribution < 1.29 is 9.53 Å². The molecular weight excluding hydrogens is 434 g/mol. The fraction of sp³-hybridized carbons (Fsp3) is 0.333. The van der Waals surface area contributed by atoms with Crippen LogP contribution in [0.4, 0.5) is 5.69 Å². The van der Waals surface area contributed by atoms with E-state index in [1.54, 1.807) is 0 Å². The molecule has 3 aromatic carbocycles. The number of carbonyl (C=O) groups is 1. The van der Waals surface area contributed by atoms with E-state index in [-0.39, 0.29) is 11.8 Å². The van der Waals surface area contributed by atoms with Crippen molar-refractivity contribution in [3.05, 3.63) is 89.2 Å². The number of amides is 1. The highest BCUT2D eigenvalue weighted by atomic mass is 16.5. The topological polar surface area (TPSA) is 47.4 Å². The number of hydrogen-bond donors (Lipinski definition) is 0. The number of aromatic nitrogens is 2. The summed E-state index contributed by atoms with van der Waals surface area (Å²) in [5.41, 5.74) is 6.68. The predicted molar refractivity (Wildman–Crippen MR) is 141 cm³/mol. The molecule has 0 bridgehead atoms. The van der Waals surface area contributed by atoms with Crippen LogP contribution in [0.3, 0.4) is 0 Å². The molecule has 1 aromatic heterocycles. The monoisotopic (exact) mass is 467 g/mol. The van der Waals surface area contributed by atoms with Crippen molar-refractivity contribution in [3.8, 4) is 5.75 Å². The Hall–Kier alpha value is -3.60. The Kier molecular flexibility index (Phi) is 6.58. The number of nitrogens with zero attached hydrogens (tertiary/aromatic N) is 3. The molecule has 5 heteroatoms. The van der Waals surface area contributed by atoms with E-state index in [1.165, 1.54) is 16.7 Å². The van der Waals surface area contributed by atoms with Crippen LogP contribution in [0.2, 0.25) is 0 Å². The number of fused-ring (bicyclic) bond motifs is 1. The maximum absolute atomic E-state index is 12.9. The van der Waals surface area contributed by atoms with E-state index in [1.807, 2.05) is 23.1 Å². The van der Waals surface area contributed by atoms with E-state index in [0.717, 1.165) is 47.7 Å². The van der Waals surface area contributed by atoms with Crippen molar-refractivity contribution in [1.82, 2.24) is 9.55 Å². The van der Waals surface area contributed by atoms with Gasteiger partial charge in [0.1, 0.15) is 11.6 Å². The molecule has 1 atom stereocenters. The van der Waals surface area contributed by atoms with Gasteiger partial charge in [0.15, 0.2) is 0 Å². The minimum atomic E-state index is 0.0856. The van der Waals surface area contributed by atoms with Gasteiger partial charge >= 0.3 is 0 Å². The zero-order valence-electron chi connectivity index (χ0n) is 20.8. The number of carbonyl (C=O) groups excluding carboxylic acids is 1. The molecule has 5 rings (SSSR count). The Morgan fingerprint density at radius 1 is 0.943 bits per heavy atom. The van der Waals surface area contributed by atoms with Gasteiger partial charge in [0, 0.05) is 31.1 Å². The number of anilines is 1. The van der Waals surface area contributed by atoms with E-state index >= 15 is 0 Å². The Balaban J connectivity index is 1.29. The average Bonchev–Trinajstić information content (AvgIpc) is 3.42. The minimum absolute atomic E-state index is 0.0856. The number of benzene rings is 3. The second kappa shape index (κ2) is 9.95. The second-order valence-electron chi connectivity index (χ2n) is 9.68. The fourth-order valence-electron chi connectivity index (χ4n) is 4.91. The second-order valence-corrected chi connectivity index (χ2v) is 9.68. The maximum Gasteiger partial charge on any atom is 0.227 e. The van der Waals surface area contributed by atoms with Crippen LogP contribution in [0.25, 0.3) is 11.0 Å². The van der Waals surface area contributed by atoms with Crippen molar-refractivity contribution in [2.45, 2.75) is 52.5 Å². The summed E-state index contributed by atoms with van der Waals surface area (Å²) in [6.07, 6.45) is 2.44. The summed E-state index contributed by atoms with van der Waals surface area (Å²) >= 11 is 0. The zero-order chi connectivity index (χ0) is 24.4. The number of hydrogen-bond acceptors (Lipinski definition) is 3. The van der Waals surface area contributed by atoms with E-state index in [2.05, 4.69) is 73.9 Å². The average molecular weight is 468 g/mol. The quantitative estimate of drug-likeness (QED) is 0.284. The Morgan fingerprint density at radius 2 is 1.71 bits per heavy atom. The molecule has 1 unspecified atom stereocenters. The first-order chi connectivity index (χ1) is 17.0. The third kappa shape index (κ3) is 4.95. The Bertz CT molecular complexity index is 1340. The van der Waals surface area contributed by atoms with Gasteiger partial charge in [-0.3, -0.25) is 4.79 Å². The highest BCUT2D eigenvalue weighted by Crippen LogP contribution is 2.33. The van der Waals surface area contributed by atoms with Crippen molar-refractivity contribution in [2.75, 3.05) is 18.1 Å². The third-order valence-electron chi connectivity index (χ3n) is 6.90. The molecule has 5 nitrogen and oxygen atoms in total. The number of imidazole rings is 1. The van der Waals surface area contributed by atoms with Gasteiger partial charge in [-0.15, -0.1) is 0 Å². The molecule has 35 heavy (non-hydrogen) atoms. The van der Waals surface area contributed by atoms with Gasteiger partial charge in [-0.1, -0.05) is 42.0 Å². The molecule has 180 valence electrons. The normalized spacial score (nSPS) is 15.8. The van der Waals surface area contributed by atoms with Gasteiger partial charge in [0.05, 0.1) is 17.6 Å². The highest BCUT2D eigenvalue weighted by molar-refractivity contribution is 5.96. The first-order valence-electron chi connectivity index (χ1n) is 12.5. The van der Waals surface area contributed by atoms with Crippen LogP contribution in [0, 0.1) is 20.8 Å². The van der Waals surface area contributed by atoms with Gasteiger partial charge in [-0.25, -0.2) is 4.98 Å². The summed E-state index contributed by atoms with van der Waals surface area (Å²) < 4.78 is 8.39. The van der Waals surface area contributed by atoms with Crippen LogP contribution in [0.1, 0.15) is 47.7 Å². The van der Waals surface area contributed by atoms with Crippen LogP contribution < -0.4 is 9.64 Å². The highest BCUT2D eigenvalue weighted by Gasteiger charge is 2.34. The summed E-state index contributed by atoms with van der Waals surface area (Å²) in [7, 11) is 0. The van der Waals surface area contributed by atoms with E-state index < -0.39 is 0 Å². The summed E-state index contributed by atoms with van der Waals surface area (Å²) in [6.45, 7) is 8.46. The molecule has 1 amide bonds. The number of rotatable bonds is 8. The Morgan fingerprint density at radius 3 is 2.54 bits per heavy atom. The largest absolute Gasteiger partial charge is 0.493 e.